The van der Waals surface area contributed by atoms with Crippen molar-refractivity contribution in [1.29, 1.82) is 0 Å². The van der Waals surface area contributed by atoms with Crippen molar-refractivity contribution in [1.82, 2.24) is 0 Å². The van der Waals surface area contributed by atoms with E-state index < -0.39 is 27.9 Å². The molecule has 9 nitrogen and oxygen atoms in total. The number of phosphoric ester groups is 2. The number of rotatable bonds is 8. The third-order valence-electron chi connectivity index (χ3n) is 1.69. The lowest BCUT2D eigenvalue weighted by atomic mass is 10.2. The first-order chi connectivity index (χ1) is 7.59. The minimum atomic E-state index is -4.80. The van der Waals surface area contributed by atoms with Gasteiger partial charge >= 0.3 is 15.6 Å². The molecule has 2 atom stereocenters. The van der Waals surface area contributed by atoms with E-state index >= 15 is 0 Å². The van der Waals surface area contributed by atoms with Gasteiger partial charge in [0.05, 0.1) is 12.7 Å². The van der Waals surface area contributed by atoms with Gasteiger partial charge in [0, 0.05) is 7.11 Å². The van der Waals surface area contributed by atoms with Crippen LogP contribution in [0.4, 0.5) is 0 Å². The van der Waals surface area contributed by atoms with Crippen molar-refractivity contribution in [3.63, 3.8) is 0 Å². The van der Waals surface area contributed by atoms with Crippen LogP contribution in [0.1, 0.15) is 13.3 Å². The van der Waals surface area contributed by atoms with Gasteiger partial charge in [-0.15, -0.1) is 0 Å². The Kier molecular flexibility index (Phi) is 7.01. The summed E-state index contributed by atoms with van der Waals surface area (Å²) in [6, 6.07) is 0. The molecule has 0 fully saturated rings. The van der Waals surface area contributed by atoms with Crippen LogP contribution in [0.2, 0.25) is 0 Å². The molecular formula is C6H16O9P2. The summed E-state index contributed by atoms with van der Waals surface area (Å²) in [5.41, 5.74) is 0. The lowest BCUT2D eigenvalue weighted by Gasteiger charge is -2.25. The molecule has 0 aliphatic carbocycles. The molecule has 0 aromatic heterocycles. The van der Waals surface area contributed by atoms with Crippen molar-refractivity contribution >= 4 is 15.6 Å². The van der Waals surface area contributed by atoms with Gasteiger partial charge in [-0.2, -0.15) is 0 Å². The zero-order valence-electron chi connectivity index (χ0n) is 9.29. The fourth-order valence-electron chi connectivity index (χ4n) is 1.13. The smallest absolute Gasteiger partial charge is 0.382 e. The van der Waals surface area contributed by atoms with Crippen LogP contribution in [0.15, 0.2) is 0 Å². The van der Waals surface area contributed by atoms with E-state index in [1.54, 1.807) is 0 Å². The van der Waals surface area contributed by atoms with Crippen LogP contribution in [0.25, 0.3) is 0 Å². The maximum Gasteiger partial charge on any atom is 0.470 e. The van der Waals surface area contributed by atoms with Gasteiger partial charge in [0.2, 0.25) is 0 Å². The highest BCUT2D eigenvalue weighted by atomic mass is 31.2. The van der Waals surface area contributed by atoms with Gasteiger partial charge in [0.25, 0.3) is 0 Å². The molecule has 4 N–H and O–H groups in total. The second kappa shape index (κ2) is 6.94. The highest BCUT2D eigenvalue weighted by Gasteiger charge is 2.33. The Balaban J connectivity index is 4.74. The van der Waals surface area contributed by atoms with Crippen molar-refractivity contribution < 1.29 is 42.5 Å². The van der Waals surface area contributed by atoms with Crippen molar-refractivity contribution in [3.05, 3.63) is 0 Å². The second-order valence-corrected chi connectivity index (χ2v) is 5.52. The first-order valence-corrected chi connectivity index (χ1v) is 7.62. The van der Waals surface area contributed by atoms with Crippen molar-refractivity contribution in [3.8, 4) is 0 Å². The molecule has 0 bridgehead atoms. The monoisotopic (exact) mass is 294 g/mol. The number of phosphoric acid groups is 2. The van der Waals surface area contributed by atoms with E-state index in [-0.39, 0.29) is 13.0 Å². The van der Waals surface area contributed by atoms with Gasteiger partial charge in [0.15, 0.2) is 0 Å². The molecule has 0 aliphatic heterocycles. The van der Waals surface area contributed by atoms with Crippen LogP contribution >= 0.6 is 15.6 Å². The fourth-order valence-corrected chi connectivity index (χ4v) is 2.31. The molecule has 0 saturated heterocycles. The van der Waals surface area contributed by atoms with Crippen molar-refractivity contribution in [2.45, 2.75) is 25.6 Å². The van der Waals surface area contributed by atoms with Crippen LogP contribution in [0.3, 0.4) is 0 Å². The third kappa shape index (κ3) is 8.84. The number of hydrogen-bond acceptors (Lipinski definition) is 5. The standard InChI is InChI=1S/C6H16O9P2/c1-3-5(14-16(7,8)9)6(4-13-2)15-17(10,11)12/h5-6H,3-4H2,1-2H3,(H2,7,8,9)(H2,10,11,12)/t5-,6+/m0/s1. The van der Waals surface area contributed by atoms with Gasteiger partial charge < -0.3 is 24.3 Å². The van der Waals surface area contributed by atoms with Gasteiger partial charge in [-0.1, -0.05) is 6.92 Å². The highest BCUT2D eigenvalue weighted by Crippen LogP contribution is 2.43. The van der Waals surface area contributed by atoms with E-state index in [0.29, 0.717) is 0 Å². The first-order valence-electron chi connectivity index (χ1n) is 4.56. The lowest BCUT2D eigenvalue weighted by Crippen LogP contribution is -2.33. The summed E-state index contributed by atoms with van der Waals surface area (Å²) in [5, 5.41) is 0. The number of hydrogen-bond donors (Lipinski definition) is 4. The molecule has 0 unspecified atom stereocenters. The van der Waals surface area contributed by atoms with E-state index in [2.05, 4.69) is 13.8 Å². The van der Waals surface area contributed by atoms with Crippen LogP contribution in [-0.2, 0) is 22.9 Å². The summed E-state index contributed by atoms with van der Waals surface area (Å²) in [7, 11) is -8.32. The quantitative estimate of drug-likeness (QED) is 0.455. The maximum absolute atomic E-state index is 10.7. The molecule has 0 aliphatic rings. The topological polar surface area (TPSA) is 143 Å². The Morgan fingerprint density at radius 3 is 1.71 bits per heavy atom. The Labute approximate surface area is 98.2 Å². The fraction of sp³-hybridized carbons (Fsp3) is 1.00. The number of ether oxygens (including phenoxy) is 1. The van der Waals surface area contributed by atoms with Crippen LogP contribution in [0, 0.1) is 0 Å². The molecule has 0 aromatic rings. The summed E-state index contributed by atoms with van der Waals surface area (Å²) >= 11 is 0. The molecule has 0 radical (unpaired) electrons. The first kappa shape index (κ1) is 17.2. The van der Waals surface area contributed by atoms with Gasteiger partial charge in [-0.25, -0.2) is 9.13 Å². The molecule has 0 amide bonds. The normalized spacial score (nSPS) is 16.8. The molecule has 17 heavy (non-hydrogen) atoms. The minimum absolute atomic E-state index is 0.0825. The van der Waals surface area contributed by atoms with Gasteiger partial charge in [0.1, 0.15) is 6.10 Å². The minimum Gasteiger partial charge on any atom is -0.382 e. The zero-order valence-corrected chi connectivity index (χ0v) is 11.1. The molecule has 11 heteroatoms. The van der Waals surface area contributed by atoms with E-state index in [1.165, 1.54) is 14.0 Å². The highest BCUT2D eigenvalue weighted by molar-refractivity contribution is 7.46. The molecule has 104 valence electrons. The summed E-state index contributed by atoms with van der Waals surface area (Å²) in [5.74, 6) is 0. The van der Waals surface area contributed by atoms with Crippen LogP contribution in [0.5, 0.6) is 0 Å². The SMILES string of the molecule is CC[C@H](OP(=O)(O)O)[C@@H](COC)OP(=O)(O)O. The largest absolute Gasteiger partial charge is 0.470 e. The number of methoxy groups -OCH3 is 1. The molecule has 0 spiro atoms. The van der Waals surface area contributed by atoms with Gasteiger partial charge in [-0.05, 0) is 6.42 Å². The predicted molar refractivity (Wildman–Crippen MR) is 56.0 cm³/mol. The Bertz CT molecular complexity index is 307. The summed E-state index contributed by atoms with van der Waals surface area (Å²) in [6.45, 7) is 1.25. The summed E-state index contributed by atoms with van der Waals surface area (Å²) < 4.78 is 34.7. The lowest BCUT2D eigenvalue weighted by molar-refractivity contribution is -0.0251. The van der Waals surface area contributed by atoms with Crippen LogP contribution < -0.4 is 0 Å². The Morgan fingerprint density at radius 2 is 1.41 bits per heavy atom. The Morgan fingerprint density at radius 1 is 1.00 bits per heavy atom. The van der Waals surface area contributed by atoms with Gasteiger partial charge in [-0.3, -0.25) is 9.05 Å². The van der Waals surface area contributed by atoms with E-state index in [0.717, 1.165) is 0 Å². The molecule has 0 rings (SSSR count). The molecule has 0 aromatic carbocycles. The Hall–Kier alpha value is 0.180. The third-order valence-corrected chi connectivity index (χ3v) is 2.78. The second-order valence-electron chi connectivity index (χ2n) is 3.13. The van der Waals surface area contributed by atoms with Crippen LogP contribution in [-0.4, -0.2) is 45.5 Å². The molecule has 0 saturated carbocycles. The predicted octanol–water partition coefficient (Wildman–Crippen LogP) is -0.00140. The summed E-state index contributed by atoms with van der Waals surface area (Å²) in [4.78, 5) is 34.5. The van der Waals surface area contributed by atoms with E-state index in [4.69, 9.17) is 19.6 Å². The van der Waals surface area contributed by atoms with Crippen molar-refractivity contribution in [2.75, 3.05) is 13.7 Å². The van der Waals surface area contributed by atoms with E-state index in [9.17, 15) is 9.13 Å². The maximum atomic E-state index is 10.7. The van der Waals surface area contributed by atoms with Crippen molar-refractivity contribution in [2.24, 2.45) is 0 Å². The average Bonchev–Trinajstić information content (AvgIpc) is 2.10. The molecule has 0 heterocycles. The summed E-state index contributed by atoms with van der Waals surface area (Å²) in [6.07, 6.45) is -2.39. The van der Waals surface area contributed by atoms with E-state index in [1.807, 2.05) is 0 Å². The zero-order chi connectivity index (χ0) is 13.7. The average molecular weight is 294 g/mol. The molecular weight excluding hydrogens is 278 g/mol.